The van der Waals surface area contributed by atoms with Crippen molar-refractivity contribution in [3.8, 4) is 5.75 Å². The third-order valence-corrected chi connectivity index (χ3v) is 4.40. The molecule has 0 fully saturated rings. The molecule has 0 unspecified atom stereocenters. The molecule has 28 heavy (non-hydrogen) atoms. The molecule has 0 N–H and O–H groups in total. The highest BCUT2D eigenvalue weighted by molar-refractivity contribution is 6.23. The Bertz CT molecular complexity index is 927. The SMILES string of the molecule is CCOC(=O)C1=C(C)N(c2ccccc2)C(=O)C1=Cc1ccc(OCC)cc1. The lowest BCUT2D eigenvalue weighted by atomic mass is 10.0. The van der Waals surface area contributed by atoms with Gasteiger partial charge in [-0.25, -0.2) is 4.79 Å². The number of rotatable bonds is 6. The fourth-order valence-electron chi connectivity index (χ4n) is 3.16. The van der Waals surface area contributed by atoms with E-state index in [9.17, 15) is 9.59 Å². The highest BCUT2D eigenvalue weighted by atomic mass is 16.5. The van der Waals surface area contributed by atoms with Crippen LogP contribution in [0.1, 0.15) is 26.3 Å². The van der Waals surface area contributed by atoms with Crippen molar-refractivity contribution in [1.82, 2.24) is 0 Å². The molecular formula is C23H23NO4. The zero-order valence-corrected chi connectivity index (χ0v) is 16.3. The fourth-order valence-corrected chi connectivity index (χ4v) is 3.16. The van der Waals surface area contributed by atoms with Crippen LogP contribution in [0, 0.1) is 0 Å². The summed E-state index contributed by atoms with van der Waals surface area (Å²) in [6.45, 7) is 6.25. The molecule has 1 heterocycles. The molecule has 0 atom stereocenters. The van der Waals surface area contributed by atoms with E-state index < -0.39 is 5.97 Å². The standard InChI is InChI=1S/C23H23NO4/c1-4-27-19-13-11-17(12-14-19)15-20-21(23(26)28-5-2)16(3)24(22(20)25)18-9-7-6-8-10-18/h6-15H,4-5H2,1-3H3. The lowest BCUT2D eigenvalue weighted by Crippen LogP contribution is -2.24. The van der Waals surface area contributed by atoms with Gasteiger partial charge in [0.15, 0.2) is 0 Å². The van der Waals surface area contributed by atoms with Gasteiger partial charge in [0.1, 0.15) is 5.75 Å². The van der Waals surface area contributed by atoms with Crippen LogP contribution in [0.5, 0.6) is 5.75 Å². The summed E-state index contributed by atoms with van der Waals surface area (Å²) in [5.41, 5.74) is 2.69. The minimum Gasteiger partial charge on any atom is -0.494 e. The molecule has 1 aliphatic rings. The van der Waals surface area contributed by atoms with Gasteiger partial charge in [0, 0.05) is 11.4 Å². The summed E-state index contributed by atoms with van der Waals surface area (Å²) in [4.78, 5) is 27.3. The van der Waals surface area contributed by atoms with Crippen LogP contribution >= 0.6 is 0 Å². The molecule has 0 saturated carbocycles. The van der Waals surface area contributed by atoms with Crippen LogP contribution in [-0.4, -0.2) is 25.1 Å². The molecule has 5 heteroatoms. The van der Waals surface area contributed by atoms with Crippen molar-refractivity contribution in [2.24, 2.45) is 0 Å². The number of benzene rings is 2. The van der Waals surface area contributed by atoms with E-state index >= 15 is 0 Å². The Kier molecular flexibility index (Phi) is 5.94. The number of carbonyl (C=O) groups excluding carboxylic acids is 2. The van der Waals surface area contributed by atoms with Gasteiger partial charge in [0.25, 0.3) is 5.91 Å². The summed E-state index contributed by atoms with van der Waals surface area (Å²) >= 11 is 0. The Morgan fingerprint density at radius 3 is 2.29 bits per heavy atom. The average molecular weight is 377 g/mol. The molecule has 144 valence electrons. The van der Waals surface area contributed by atoms with E-state index in [4.69, 9.17) is 9.47 Å². The average Bonchev–Trinajstić information content (AvgIpc) is 2.94. The molecule has 1 amide bonds. The van der Waals surface area contributed by atoms with E-state index in [0.29, 0.717) is 29.1 Å². The Morgan fingerprint density at radius 2 is 1.68 bits per heavy atom. The summed E-state index contributed by atoms with van der Waals surface area (Å²) in [5.74, 6) is 0.00950. The van der Waals surface area contributed by atoms with Crippen molar-refractivity contribution in [3.63, 3.8) is 0 Å². The van der Waals surface area contributed by atoms with Crippen LogP contribution in [0.25, 0.3) is 6.08 Å². The third kappa shape index (κ3) is 3.83. The second-order valence-corrected chi connectivity index (χ2v) is 6.22. The summed E-state index contributed by atoms with van der Waals surface area (Å²) in [6.07, 6.45) is 1.72. The zero-order valence-electron chi connectivity index (χ0n) is 16.3. The predicted molar refractivity (Wildman–Crippen MR) is 109 cm³/mol. The Hall–Kier alpha value is -3.34. The Labute approximate surface area is 164 Å². The summed E-state index contributed by atoms with van der Waals surface area (Å²) in [5, 5.41) is 0. The van der Waals surface area contributed by atoms with Crippen molar-refractivity contribution in [2.75, 3.05) is 18.1 Å². The molecule has 1 aliphatic heterocycles. The second-order valence-electron chi connectivity index (χ2n) is 6.22. The largest absolute Gasteiger partial charge is 0.494 e. The van der Waals surface area contributed by atoms with E-state index in [-0.39, 0.29) is 12.5 Å². The lowest BCUT2D eigenvalue weighted by Gasteiger charge is -2.17. The molecule has 0 saturated heterocycles. The minimum absolute atomic E-state index is 0.242. The smallest absolute Gasteiger partial charge is 0.340 e. The maximum atomic E-state index is 13.2. The number of anilines is 1. The monoisotopic (exact) mass is 377 g/mol. The van der Waals surface area contributed by atoms with Crippen LogP contribution in [-0.2, 0) is 14.3 Å². The number of para-hydroxylation sites is 1. The van der Waals surface area contributed by atoms with Crippen LogP contribution in [0.4, 0.5) is 5.69 Å². The van der Waals surface area contributed by atoms with Gasteiger partial charge in [0.2, 0.25) is 0 Å². The zero-order chi connectivity index (χ0) is 20.1. The number of carbonyl (C=O) groups is 2. The van der Waals surface area contributed by atoms with E-state index in [1.807, 2.05) is 61.5 Å². The molecular weight excluding hydrogens is 354 g/mol. The molecule has 0 bridgehead atoms. The van der Waals surface area contributed by atoms with Crippen molar-refractivity contribution < 1.29 is 19.1 Å². The first-order valence-electron chi connectivity index (χ1n) is 9.29. The van der Waals surface area contributed by atoms with Crippen LogP contribution < -0.4 is 9.64 Å². The number of nitrogens with zero attached hydrogens (tertiary/aromatic N) is 1. The quantitative estimate of drug-likeness (QED) is 0.555. The molecule has 3 rings (SSSR count). The number of allylic oxidation sites excluding steroid dienone is 1. The van der Waals surface area contributed by atoms with Gasteiger partial charge in [-0.15, -0.1) is 0 Å². The van der Waals surface area contributed by atoms with Gasteiger partial charge in [0.05, 0.1) is 24.4 Å². The molecule has 5 nitrogen and oxygen atoms in total. The number of hydrogen-bond acceptors (Lipinski definition) is 4. The van der Waals surface area contributed by atoms with E-state index in [1.54, 1.807) is 24.8 Å². The van der Waals surface area contributed by atoms with Gasteiger partial charge in [-0.1, -0.05) is 30.3 Å². The predicted octanol–water partition coefficient (Wildman–Crippen LogP) is 4.35. The third-order valence-electron chi connectivity index (χ3n) is 4.40. The van der Waals surface area contributed by atoms with Crippen molar-refractivity contribution >= 4 is 23.6 Å². The summed E-state index contributed by atoms with van der Waals surface area (Å²) in [7, 11) is 0. The maximum Gasteiger partial charge on any atom is 0.340 e. The van der Waals surface area contributed by atoms with Crippen LogP contribution in [0.15, 0.2) is 71.4 Å². The van der Waals surface area contributed by atoms with Crippen molar-refractivity contribution in [2.45, 2.75) is 20.8 Å². The van der Waals surface area contributed by atoms with Crippen LogP contribution in [0.3, 0.4) is 0 Å². The molecule has 0 aromatic heterocycles. The highest BCUT2D eigenvalue weighted by Gasteiger charge is 2.37. The van der Waals surface area contributed by atoms with Crippen LogP contribution in [0.2, 0.25) is 0 Å². The van der Waals surface area contributed by atoms with Gasteiger partial charge < -0.3 is 9.47 Å². The Balaban J connectivity index is 2.05. The number of amides is 1. The molecule has 0 aliphatic carbocycles. The fraction of sp³-hybridized carbons (Fsp3) is 0.217. The van der Waals surface area contributed by atoms with Gasteiger partial charge in [-0.2, -0.15) is 0 Å². The van der Waals surface area contributed by atoms with Crippen molar-refractivity contribution in [3.05, 3.63) is 77.0 Å². The first-order valence-corrected chi connectivity index (χ1v) is 9.29. The number of hydrogen-bond donors (Lipinski definition) is 0. The van der Waals surface area contributed by atoms with Gasteiger partial charge in [-0.05, 0) is 56.7 Å². The minimum atomic E-state index is -0.496. The normalized spacial score (nSPS) is 15.3. The molecule has 0 spiro atoms. The van der Waals surface area contributed by atoms with E-state index in [1.165, 1.54) is 0 Å². The summed E-state index contributed by atoms with van der Waals surface area (Å²) in [6, 6.07) is 16.7. The van der Waals surface area contributed by atoms with Gasteiger partial charge >= 0.3 is 5.97 Å². The molecule has 0 radical (unpaired) electrons. The topological polar surface area (TPSA) is 55.8 Å². The number of esters is 1. The molecule has 2 aromatic carbocycles. The first-order chi connectivity index (χ1) is 13.6. The maximum absolute atomic E-state index is 13.2. The van der Waals surface area contributed by atoms with E-state index in [2.05, 4.69) is 0 Å². The molecule has 2 aromatic rings. The lowest BCUT2D eigenvalue weighted by molar-refractivity contribution is -0.138. The van der Waals surface area contributed by atoms with Gasteiger partial charge in [-0.3, -0.25) is 9.69 Å². The number of ether oxygens (including phenoxy) is 2. The van der Waals surface area contributed by atoms with E-state index in [0.717, 1.165) is 11.3 Å². The van der Waals surface area contributed by atoms with Crippen molar-refractivity contribution in [1.29, 1.82) is 0 Å². The highest BCUT2D eigenvalue weighted by Crippen LogP contribution is 2.35. The Morgan fingerprint density at radius 1 is 1.00 bits per heavy atom. The summed E-state index contributed by atoms with van der Waals surface area (Å²) < 4.78 is 10.7. The first kappa shape index (κ1) is 19.4. The second kappa shape index (κ2) is 8.57.